The first kappa shape index (κ1) is 16.8. The number of halogens is 1. The number of nitrogens with one attached hydrogen (secondary N) is 1. The van der Waals surface area contributed by atoms with Gasteiger partial charge in [-0.2, -0.15) is 0 Å². The number of aromatic nitrogens is 3. The standard InChI is InChI=1S/C17H21ClN4O2/c1-11(2)15-19-5-7-22(15)13-4-3-6-21(10-13)17(24)12-8-14(18)16(23)20-9-12/h5,7-9,11,13H,3-4,6,10H2,1-2H3,(H,20,23). The van der Waals surface area contributed by atoms with E-state index in [0.29, 0.717) is 24.6 Å². The van der Waals surface area contributed by atoms with E-state index in [1.807, 2.05) is 17.3 Å². The molecule has 0 saturated carbocycles. The normalized spacial score (nSPS) is 18.2. The predicted molar refractivity (Wildman–Crippen MR) is 92.6 cm³/mol. The fraction of sp³-hybridized carbons (Fsp3) is 0.471. The monoisotopic (exact) mass is 348 g/mol. The predicted octanol–water partition coefficient (Wildman–Crippen LogP) is 2.83. The van der Waals surface area contributed by atoms with E-state index < -0.39 is 0 Å². The van der Waals surface area contributed by atoms with Crippen molar-refractivity contribution >= 4 is 17.5 Å². The van der Waals surface area contributed by atoms with Crippen LogP contribution in [-0.2, 0) is 0 Å². The van der Waals surface area contributed by atoms with E-state index in [0.717, 1.165) is 18.7 Å². The molecule has 2 aromatic rings. The number of piperidine rings is 1. The number of aromatic amines is 1. The quantitative estimate of drug-likeness (QED) is 0.927. The Morgan fingerprint density at radius 2 is 2.25 bits per heavy atom. The first-order valence-corrected chi connectivity index (χ1v) is 8.55. The van der Waals surface area contributed by atoms with Crippen LogP contribution in [0.25, 0.3) is 0 Å². The van der Waals surface area contributed by atoms with Gasteiger partial charge in [0, 0.05) is 37.6 Å². The van der Waals surface area contributed by atoms with Gasteiger partial charge in [0.25, 0.3) is 11.5 Å². The zero-order valence-corrected chi connectivity index (χ0v) is 14.6. The zero-order valence-electron chi connectivity index (χ0n) is 13.8. The van der Waals surface area contributed by atoms with Gasteiger partial charge in [0.2, 0.25) is 0 Å². The lowest BCUT2D eigenvalue weighted by Crippen LogP contribution is -2.41. The summed E-state index contributed by atoms with van der Waals surface area (Å²) in [6.07, 6.45) is 7.19. The number of likely N-dealkylation sites (tertiary alicyclic amines) is 1. The molecular weight excluding hydrogens is 328 g/mol. The summed E-state index contributed by atoms with van der Waals surface area (Å²) in [5.41, 5.74) is 0.0275. The highest BCUT2D eigenvalue weighted by Gasteiger charge is 2.27. The van der Waals surface area contributed by atoms with E-state index in [9.17, 15) is 9.59 Å². The zero-order chi connectivity index (χ0) is 17.3. The smallest absolute Gasteiger partial charge is 0.266 e. The number of nitrogens with zero attached hydrogens (tertiary/aromatic N) is 3. The van der Waals surface area contributed by atoms with Crippen LogP contribution < -0.4 is 5.56 Å². The summed E-state index contributed by atoms with van der Waals surface area (Å²) >= 11 is 5.84. The molecule has 2 aromatic heterocycles. The van der Waals surface area contributed by atoms with Crippen molar-refractivity contribution in [3.05, 3.63) is 51.4 Å². The molecule has 1 aliphatic heterocycles. The summed E-state index contributed by atoms with van der Waals surface area (Å²) in [6, 6.07) is 1.66. The molecule has 6 nitrogen and oxygen atoms in total. The molecule has 1 N–H and O–H groups in total. The third-order valence-corrected chi connectivity index (χ3v) is 4.68. The lowest BCUT2D eigenvalue weighted by Gasteiger charge is -2.34. The Bertz CT molecular complexity index is 796. The topological polar surface area (TPSA) is 71.0 Å². The molecule has 1 atom stereocenters. The fourth-order valence-electron chi connectivity index (χ4n) is 3.21. The van der Waals surface area contributed by atoms with Crippen molar-refractivity contribution in [3.63, 3.8) is 0 Å². The molecule has 7 heteroatoms. The minimum absolute atomic E-state index is 0.0334. The van der Waals surface area contributed by atoms with Gasteiger partial charge in [0.05, 0.1) is 11.6 Å². The fourth-order valence-corrected chi connectivity index (χ4v) is 3.38. The van der Waals surface area contributed by atoms with Gasteiger partial charge < -0.3 is 14.5 Å². The molecule has 1 unspecified atom stereocenters. The summed E-state index contributed by atoms with van der Waals surface area (Å²) in [6.45, 7) is 5.57. The SMILES string of the molecule is CC(C)c1nccn1C1CCCN(C(=O)c2c[nH]c(=O)c(Cl)c2)C1. The first-order chi connectivity index (χ1) is 11.5. The summed E-state index contributed by atoms with van der Waals surface area (Å²) in [5.74, 6) is 1.27. The maximum absolute atomic E-state index is 12.7. The van der Waals surface area contributed by atoms with E-state index in [4.69, 9.17) is 11.6 Å². The molecule has 0 aliphatic carbocycles. The maximum atomic E-state index is 12.7. The third-order valence-electron chi connectivity index (χ3n) is 4.40. The third kappa shape index (κ3) is 3.24. The Kier molecular flexibility index (Phi) is 4.76. The Morgan fingerprint density at radius 3 is 2.96 bits per heavy atom. The number of rotatable bonds is 3. The summed E-state index contributed by atoms with van der Waals surface area (Å²) in [7, 11) is 0. The van der Waals surface area contributed by atoms with Gasteiger partial charge in [-0.3, -0.25) is 9.59 Å². The van der Waals surface area contributed by atoms with Crippen LogP contribution in [0.4, 0.5) is 0 Å². The minimum Gasteiger partial charge on any atom is -0.337 e. The first-order valence-electron chi connectivity index (χ1n) is 8.17. The van der Waals surface area contributed by atoms with Crippen LogP contribution >= 0.6 is 11.6 Å². The number of hydrogen-bond donors (Lipinski definition) is 1. The molecular formula is C17H21ClN4O2. The molecule has 1 fully saturated rings. The van der Waals surface area contributed by atoms with Crippen LogP contribution in [0, 0.1) is 0 Å². The summed E-state index contributed by atoms with van der Waals surface area (Å²) in [5, 5.41) is 0.0334. The number of imidazole rings is 1. The number of hydrogen-bond acceptors (Lipinski definition) is 3. The van der Waals surface area contributed by atoms with Gasteiger partial charge in [-0.25, -0.2) is 4.98 Å². The number of H-pyrrole nitrogens is 1. The van der Waals surface area contributed by atoms with Crippen LogP contribution in [0.2, 0.25) is 5.02 Å². The van der Waals surface area contributed by atoms with Gasteiger partial charge >= 0.3 is 0 Å². The van der Waals surface area contributed by atoms with E-state index in [1.54, 1.807) is 0 Å². The lowest BCUT2D eigenvalue weighted by molar-refractivity contribution is 0.0677. The van der Waals surface area contributed by atoms with Gasteiger partial charge in [0.15, 0.2) is 0 Å². The highest BCUT2D eigenvalue weighted by molar-refractivity contribution is 6.30. The molecule has 0 spiro atoms. The van der Waals surface area contributed by atoms with E-state index in [1.165, 1.54) is 12.3 Å². The molecule has 24 heavy (non-hydrogen) atoms. The molecule has 1 aliphatic rings. The number of amides is 1. The molecule has 0 bridgehead atoms. The van der Waals surface area contributed by atoms with E-state index in [2.05, 4.69) is 28.4 Å². The van der Waals surface area contributed by atoms with Crippen molar-refractivity contribution in [2.45, 2.75) is 38.6 Å². The Morgan fingerprint density at radius 1 is 1.46 bits per heavy atom. The molecule has 0 radical (unpaired) electrons. The van der Waals surface area contributed by atoms with E-state index >= 15 is 0 Å². The Hall–Kier alpha value is -2.08. The van der Waals surface area contributed by atoms with Crippen molar-refractivity contribution in [3.8, 4) is 0 Å². The average molecular weight is 349 g/mol. The molecule has 1 amide bonds. The lowest BCUT2D eigenvalue weighted by atomic mass is 10.0. The summed E-state index contributed by atoms with van der Waals surface area (Å²) < 4.78 is 2.18. The number of carbonyl (C=O) groups is 1. The number of carbonyl (C=O) groups excluding carboxylic acids is 1. The van der Waals surface area contributed by atoms with Gasteiger partial charge in [-0.15, -0.1) is 0 Å². The molecule has 1 saturated heterocycles. The average Bonchev–Trinajstić information content (AvgIpc) is 3.07. The highest BCUT2D eigenvalue weighted by Crippen LogP contribution is 2.26. The van der Waals surface area contributed by atoms with Crippen molar-refractivity contribution < 1.29 is 4.79 Å². The molecule has 3 heterocycles. The van der Waals surface area contributed by atoms with Crippen LogP contribution in [0.3, 0.4) is 0 Å². The second-order valence-electron chi connectivity index (χ2n) is 6.46. The van der Waals surface area contributed by atoms with Crippen molar-refractivity contribution in [1.82, 2.24) is 19.4 Å². The molecule has 3 rings (SSSR count). The Labute approximate surface area is 145 Å². The second kappa shape index (κ2) is 6.81. The van der Waals surface area contributed by atoms with Crippen LogP contribution in [0.15, 0.2) is 29.5 Å². The van der Waals surface area contributed by atoms with Crippen molar-refractivity contribution in [2.75, 3.05) is 13.1 Å². The molecule has 128 valence electrons. The highest BCUT2D eigenvalue weighted by atomic mass is 35.5. The van der Waals surface area contributed by atoms with E-state index in [-0.39, 0.29) is 22.5 Å². The van der Waals surface area contributed by atoms with Gasteiger partial charge in [-0.1, -0.05) is 25.4 Å². The van der Waals surface area contributed by atoms with Crippen LogP contribution in [0.5, 0.6) is 0 Å². The second-order valence-corrected chi connectivity index (χ2v) is 6.87. The summed E-state index contributed by atoms with van der Waals surface area (Å²) in [4.78, 5) is 32.8. The minimum atomic E-state index is -0.385. The van der Waals surface area contributed by atoms with Gasteiger partial charge in [0.1, 0.15) is 10.8 Å². The Balaban J connectivity index is 1.80. The van der Waals surface area contributed by atoms with Gasteiger partial charge in [-0.05, 0) is 18.9 Å². The van der Waals surface area contributed by atoms with Crippen molar-refractivity contribution in [2.24, 2.45) is 0 Å². The maximum Gasteiger partial charge on any atom is 0.266 e. The van der Waals surface area contributed by atoms with Crippen LogP contribution in [-0.4, -0.2) is 38.4 Å². The number of pyridine rings is 1. The van der Waals surface area contributed by atoms with Crippen molar-refractivity contribution in [1.29, 1.82) is 0 Å². The molecule has 0 aromatic carbocycles. The largest absolute Gasteiger partial charge is 0.337 e. The van der Waals surface area contributed by atoms with Crippen LogP contribution in [0.1, 0.15) is 54.8 Å².